The molecular weight excluding hydrogens is 228 g/mol. The summed E-state index contributed by atoms with van der Waals surface area (Å²) in [5.74, 6) is 0.665. The molecule has 2 rings (SSSR count). The van der Waals surface area contributed by atoms with Gasteiger partial charge in [-0.15, -0.1) is 0 Å². The lowest BCUT2D eigenvalue weighted by Gasteiger charge is -1.99. The second-order valence-corrected chi connectivity index (χ2v) is 4.18. The van der Waals surface area contributed by atoms with Gasteiger partial charge in [0.2, 0.25) is 5.89 Å². The molecule has 0 saturated carbocycles. The number of hydrogen-bond acceptors (Lipinski definition) is 4. The van der Waals surface area contributed by atoms with E-state index in [1.165, 1.54) is 5.56 Å². The zero-order chi connectivity index (χ0) is 12.8. The minimum atomic E-state index is 0.665. The van der Waals surface area contributed by atoms with Crippen molar-refractivity contribution in [3.63, 3.8) is 0 Å². The number of aromatic nitrogens is 1. The van der Waals surface area contributed by atoms with Gasteiger partial charge in [-0.2, -0.15) is 0 Å². The van der Waals surface area contributed by atoms with Gasteiger partial charge in [0.25, 0.3) is 0 Å². The van der Waals surface area contributed by atoms with E-state index in [0.717, 1.165) is 17.8 Å². The maximum atomic E-state index is 5.47. The van der Waals surface area contributed by atoms with E-state index in [9.17, 15) is 0 Å². The zero-order valence-electron chi connectivity index (χ0n) is 10.8. The monoisotopic (exact) mass is 246 g/mol. The molecule has 0 bridgehead atoms. The Labute approximate surface area is 107 Å². The number of benzene rings is 1. The Bertz CT molecular complexity index is 477. The van der Waals surface area contributed by atoms with E-state index in [1.54, 1.807) is 13.4 Å². The lowest BCUT2D eigenvalue weighted by atomic mass is 10.1. The van der Waals surface area contributed by atoms with E-state index in [2.05, 4.69) is 29.4 Å². The highest BCUT2D eigenvalue weighted by Gasteiger charge is 2.05. The second-order valence-electron chi connectivity index (χ2n) is 4.18. The molecule has 0 fully saturated rings. The molecule has 1 heterocycles. The minimum Gasteiger partial charge on any atom is -0.444 e. The van der Waals surface area contributed by atoms with E-state index in [0.29, 0.717) is 19.0 Å². The van der Waals surface area contributed by atoms with Crippen LogP contribution in [0.1, 0.15) is 11.3 Å². The molecule has 0 aliphatic carbocycles. The normalized spacial score (nSPS) is 10.8. The lowest BCUT2D eigenvalue weighted by Crippen LogP contribution is -2.18. The Morgan fingerprint density at radius 1 is 1.28 bits per heavy atom. The summed E-state index contributed by atoms with van der Waals surface area (Å²) < 4.78 is 10.4. The molecular formula is C14H18N2O2. The molecule has 1 N–H and O–H groups in total. The molecule has 1 aromatic carbocycles. The predicted molar refractivity (Wildman–Crippen MR) is 70.3 cm³/mol. The molecule has 2 aromatic rings. The Kier molecular flexibility index (Phi) is 4.50. The Balaban J connectivity index is 1.95. The summed E-state index contributed by atoms with van der Waals surface area (Å²) in [6, 6.07) is 8.14. The quantitative estimate of drug-likeness (QED) is 0.795. The van der Waals surface area contributed by atoms with Crippen molar-refractivity contribution in [1.29, 1.82) is 0 Å². The molecule has 0 saturated heterocycles. The molecule has 4 heteroatoms. The standard InChI is InChI=1S/C14H18N2O2/c1-11-3-5-12(6-4-11)14-16-13(10-18-14)9-15-7-8-17-2/h3-6,10,15H,7-9H2,1-2H3. The molecule has 96 valence electrons. The van der Waals surface area contributed by atoms with Crippen LogP contribution in [0.2, 0.25) is 0 Å². The topological polar surface area (TPSA) is 47.3 Å². The van der Waals surface area contributed by atoms with Crippen molar-refractivity contribution in [2.75, 3.05) is 20.3 Å². The van der Waals surface area contributed by atoms with Gasteiger partial charge in [0, 0.05) is 25.8 Å². The van der Waals surface area contributed by atoms with E-state index >= 15 is 0 Å². The van der Waals surface area contributed by atoms with Crippen molar-refractivity contribution in [1.82, 2.24) is 10.3 Å². The molecule has 0 unspecified atom stereocenters. The van der Waals surface area contributed by atoms with Gasteiger partial charge < -0.3 is 14.5 Å². The summed E-state index contributed by atoms with van der Waals surface area (Å²) in [4.78, 5) is 4.44. The van der Waals surface area contributed by atoms with Crippen LogP contribution < -0.4 is 5.32 Å². The first-order valence-corrected chi connectivity index (χ1v) is 6.00. The average Bonchev–Trinajstić information content (AvgIpc) is 2.84. The van der Waals surface area contributed by atoms with Crippen LogP contribution in [0.15, 0.2) is 34.9 Å². The summed E-state index contributed by atoms with van der Waals surface area (Å²) >= 11 is 0. The molecule has 18 heavy (non-hydrogen) atoms. The Morgan fingerprint density at radius 2 is 2.06 bits per heavy atom. The molecule has 0 aliphatic rings. The smallest absolute Gasteiger partial charge is 0.226 e. The molecule has 0 atom stereocenters. The van der Waals surface area contributed by atoms with Crippen molar-refractivity contribution < 1.29 is 9.15 Å². The van der Waals surface area contributed by atoms with Gasteiger partial charge in [0.15, 0.2) is 0 Å². The summed E-state index contributed by atoms with van der Waals surface area (Å²) in [7, 11) is 1.69. The van der Waals surface area contributed by atoms with Crippen LogP contribution in [-0.4, -0.2) is 25.2 Å². The highest BCUT2D eigenvalue weighted by molar-refractivity contribution is 5.53. The van der Waals surface area contributed by atoms with Crippen molar-refractivity contribution in [3.8, 4) is 11.5 Å². The second kappa shape index (κ2) is 6.33. The van der Waals surface area contributed by atoms with Gasteiger partial charge in [-0.05, 0) is 19.1 Å². The van der Waals surface area contributed by atoms with Crippen molar-refractivity contribution in [2.45, 2.75) is 13.5 Å². The summed E-state index contributed by atoms with van der Waals surface area (Å²) in [6.07, 6.45) is 1.69. The van der Waals surface area contributed by atoms with E-state index in [-0.39, 0.29) is 0 Å². The van der Waals surface area contributed by atoms with E-state index in [4.69, 9.17) is 9.15 Å². The maximum absolute atomic E-state index is 5.47. The molecule has 1 aromatic heterocycles. The molecule has 4 nitrogen and oxygen atoms in total. The van der Waals surface area contributed by atoms with Crippen LogP contribution >= 0.6 is 0 Å². The van der Waals surface area contributed by atoms with Crippen molar-refractivity contribution >= 4 is 0 Å². The third kappa shape index (κ3) is 3.42. The van der Waals surface area contributed by atoms with Gasteiger partial charge in [-0.3, -0.25) is 0 Å². The Hall–Kier alpha value is -1.65. The number of rotatable bonds is 6. The fraction of sp³-hybridized carbons (Fsp3) is 0.357. The van der Waals surface area contributed by atoms with E-state index in [1.807, 2.05) is 12.1 Å². The van der Waals surface area contributed by atoms with Gasteiger partial charge in [-0.1, -0.05) is 17.7 Å². The number of methoxy groups -OCH3 is 1. The van der Waals surface area contributed by atoms with Crippen LogP contribution in [0.5, 0.6) is 0 Å². The van der Waals surface area contributed by atoms with Crippen LogP contribution in [0.4, 0.5) is 0 Å². The summed E-state index contributed by atoms with van der Waals surface area (Å²) in [5, 5.41) is 3.23. The summed E-state index contributed by atoms with van der Waals surface area (Å²) in [6.45, 7) is 4.26. The first-order chi connectivity index (χ1) is 8.79. The number of ether oxygens (including phenoxy) is 1. The first kappa shape index (κ1) is 12.8. The fourth-order valence-corrected chi connectivity index (χ4v) is 1.61. The van der Waals surface area contributed by atoms with Crippen LogP contribution in [0.3, 0.4) is 0 Å². The Morgan fingerprint density at radius 3 is 2.78 bits per heavy atom. The van der Waals surface area contributed by atoms with Crippen molar-refractivity contribution in [2.24, 2.45) is 0 Å². The number of nitrogens with zero attached hydrogens (tertiary/aromatic N) is 1. The lowest BCUT2D eigenvalue weighted by molar-refractivity contribution is 0.199. The minimum absolute atomic E-state index is 0.665. The number of aryl methyl sites for hydroxylation is 1. The third-order valence-electron chi connectivity index (χ3n) is 2.64. The zero-order valence-corrected chi connectivity index (χ0v) is 10.8. The van der Waals surface area contributed by atoms with Crippen LogP contribution in [0.25, 0.3) is 11.5 Å². The largest absolute Gasteiger partial charge is 0.444 e. The molecule has 0 amide bonds. The predicted octanol–water partition coefficient (Wildman–Crippen LogP) is 2.39. The van der Waals surface area contributed by atoms with Gasteiger partial charge >= 0.3 is 0 Å². The van der Waals surface area contributed by atoms with Crippen LogP contribution in [0, 0.1) is 6.92 Å². The highest BCUT2D eigenvalue weighted by Crippen LogP contribution is 2.18. The van der Waals surface area contributed by atoms with Gasteiger partial charge in [-0.25, -0.2) is 4.98 Å². The van der Waals surface area contributed by atoms with Gasteiger partial charge in [0.1, 0.15) is 6.26 Å². The van der Waals surface area contributed by atoms with Gasteiger partial charge in [0.05, 0.1) is 12.3 Å². The first-order valence-electron chi connectivity index (χ1n) is 6.00. The highest BCUT2D eigenvalue weighted by atomic mass is 16.5. The SMILES string of the molecule is COCCNCc1coc(-c2ccc(C)cc2)n1. The molecule has 0 spiro atoms. The third-order valence-corrected chi connectivity index (χ3v) is 2.64. The van der Waals surface area contributed by atoms with Crippen LogP contribution in [-0.2, 0) is 11.3 Å². The summed E-state index contributed by atoms with van der Waals surface area (Å²) in [5.41, 5.74) is 3.14. The number of hydrogen-bond donors (Lipinski definition) is 1. The molecule has 0 radical (unpaired) electrons. The average molecular weight is 246 g/mol. The van der Waals surface area contributed by atoms with E-state index < -0.39 is 0 Å². The number of nitrogens with one attached hydrogen (secondary N) is 1. The molecule has 0 aliphatic heterocycles. The van der Waals surface area contributed by atoms with Crippen molar-refractivity contribution in [3.05, 3.63) is 41.8 Å². The maximum Gasteiger partial charge on any atom is 0.226 e. The fourth-order valence-electron chi connectivity index (χ4n) is 1.61. The number of oxazole rings is 1.